The zero-order valence-corrected chi connectivity index (χ0v) is 16.9. The molecule has 0 spiro atoms. The summed E-state index contributed by atoms with van der Waals surface area (Å²) in [6.45, 7) is 3.11. The Morgan fingerprint density at radius 3 is 2.43 bits per heavy atom. The van der Waals surface area contributed by atoms with Gasteiger partial charge in [0.1, 0.15) is 5.82 Å². The number of amides is 1. The van der Waals surface area contributed by atoms with Gasteiger partial charge in [0.05, 0.1) is 10.9 Å². The summed E-state index contributed by atoms with van der Waals surface area (Å²) in [6, 6.07) is 11.4. The summed E-state index contributed by atoms with van der Waals surface area (Å²) in [5, 5.41) is 3.05. The van der Waals surface area contributed by atoms with Crippen molar-refractivity contribution in [3.05, 3.63) is 59.4 Å². The van der Waals surface area contributed by atoms with Crippen molar-refractivity contribution in [2.45, 2.75) is 17.9 Å². The molecule has 1 unspecified atom stereocenters. The molecule has 0 radical (unpaired) electrons. The van der Waals surface area contributed by atoms with Gasteiger partial charge in [0.15, 0.2) is 0 Å². The van der Waals surface area contributed by atoms with Gasteiger partial charge < -0.3 is 5.32 Å². The third-order valence-corrected chi connectivity index (χ3v) is 6.86. The van der Waals surface area contributed by atoms with Crippen molar-refractivity contribution in [1.29, 1.82) is 0 Å². The lowest BCUT2D eigenvalue weighted by molar-refractivity contribution is -0.121. The van der Waals surface area contributed by atoms with E-state index in [9.17, 15) is 17.6 Å². The smallest absolute Gasteiger partial charge is 0.243 e. The first-order chi connectivity index (χ1) is 13.3. The average molecular weight is 426 g/mol. The summed E-state index contributed by atoms with van der Waals surface area (Å²) in [5.74, 6) is -0.693. The van der Waals surface area contributed by atoms with E-state index in [1.54, 1.807) is 25.1 Å². The molecule has 1 aliphatic heterocycles. The quantitative estimate of drug-likeness (QED) is 0.799. The zero-order valence-electron chi connectivity index (χ0n) is 15.3. The first-order valence-corrected chi connectivity index (χ1v) is 10.7. The summed E-state index contributed by atoms with van der Waals surface area (Å²) in [6.07, 6.45) is 0. The van der Waals surface area contributed by atoms with Crippen LogP contribution in [0, 0.1) is 5.82 Å². The van der Waals surface area contributed by atoms with Gasteiger partial charge in [-0.3, -0.25) is 9.69 Å². The minimum Gasteiger partial charge on any atom is -0.325 e. The second kappa shape index (κ2) is 8.57. The molecule has 1 amide bonds. The van der Waals surface area contributed by atoms with Gasteiger partial charge in [-0.15, -0.1) is 0 Å². The molecule has 150 valence electrons. The Morgan fingerprint density at radius 1 is 1.11 bits per heavy atom. The molecule has 1 heterocycles. The van der Waals surface area contributed by atoms with Crippen molar-refractivity contribution in [2.75, 3.05) is 31.5 Å². The number of hydrogen-bond donors (Lipinski definition) is 1. The lowest BCUT2D eigenvalue weighted by Crippen LogP contribution is -2.53. The molecule has 2 aromatic rings. The number of carbonyl (C=O) groups is 1. The second-order valence-electron chi connectivity index (χ2n) is 6.57. The van der Waals surface area contributed by atoms with Crippen molar-refractivity contribution in [3.63, 3.8) is 0 Å². The Kier molecular flexibility index (Phi) is 6.34. The van der Waals surface area contributed by atoms with Crippen LogP contribution in [0.5, 0.6) is 0 Å². The molecule has 1 fully saturated rings. The summed E-state index contributed by atoms with van der Waals surface area (Å²) >= 11 is 5.91. The normalized spacial score (nSPS) is 17.2. The highest BCUT2D eigenvalue weighted by Gasteiger charge is 2.31. The van der Waals surface area contributed by atoms with E-state index in [4.69, 9.17) is 11.6 Å². The number of benzene rings is 2. The van der Waals surface area contributed by atoms with Gasteiger partial charge >= 0.3 is 0 Å². The maximum Gasteiger partial charge on any atom is 0.243 e. The van der Waals surface area contributed by atoms with Crippen molar-refractivity contribution < 1.29 is 17.6 Å². The van der Waals surface area contributed by atoms with Crippen molar-refractivity contribution in [2.24, 2.45) is 0 Å². The van der Waals surface area contributed by atoms with Crippen LogP contribution in [0.2, 0.25) is 5.02 Å². The number of halogens is 2. The first-order valence-electron chi connectivity index (χ1n) is 8.83. The fraction of sp³-hybridized carbons (Fsp3) is 0.316. The van der Waals surface area contributed by atoms with Crippen LogP contribution in [-0.2, 0) is 14.8 Å². The van der Waals surface area contributed by atoms with Crippen LogP contribution >= 0.6 is 11.6 Å². The van der Waals surface area contributed by atoms with E-state index >= 15 is 0 Å². The van der Waals surface area contributed by atoms with Crippen molar-refractivity contribution in [3.8, 4) is 0 Å². The van der Waals surface area contributed by atoms with Crippen molar-refractivity contribution >= 4 is 33.2 Å². The minimum atomic E-state index is -3.63. The van der Waals surface area contributed by atoms with E-state index in [0.717, 1.165) is 0 Å². The van der Waals surface area contributed by atoms with E-state index in [1.165, 1.54) is 34.6 Å². The van der Waals surface area contributed by atoms with Gasteiger partial charge in [0.2, 0.25) is 15.9 Å². The predicted octanol–water partition coefficient (Wildman–Crippen LogP) is 2.81. The Balaban J connectivity index is 1.60. The lowest BCUT2D eigenvalue weighted by Gasteiger charge is -2.36. The standard InChI is InChI=1S/C19H21ClFN3O3S/c1-14(19(25)22-17-6-3-5-16(21)13-17)23-8-10-24(11-9-23)28(26,27)18-7-2-4-15(20)12-18/h2-7,12-14H,8-11H2,1H3,(H,22,25). The maximum atomic E-state index is 13.3. The monoisotopic (exact) mass is 425 g/mol. The first kappa shape index (κ1) is 20.7. The fourth-order valence-electron chi connectivity index (χ4n) is 3.09. The van der Waals surface area contributed by atoms with Crippen LogP contribution < -0.4 is 5.32 Å². The molecule has 6 nitrogen and oxygen atoms in total. The number of rotatable bonds is 5. The molecule has 1 saturated heterocycles. The van der Waals surface area contributed by atoms with Gasteiger partial charge in [-0.25, -0.2) is 12.8 Å². The van der Waals surface area contributed by atoms with E-state index in [1.807, 2.05) is 4.90 Å². The maximum absolute atomic E-state index is 13.3. The van der Waals surface area contributed by atoms with Gasteiger partial charge in [-0.05, 0) is 43.3 Å². The minimum absolute atomic E-state index is 0.158. The molecule has 3 rings (SSSR count). The van der Waals surface area contributed by atoms with E-state index < -0.39 is 21.9 Å². The number of nitrogens with zero attached hydrogens (tertiary/aromatic N) is 2. The molecule has 0 aromatic heterocycles. The summed E-state index contributed by atoms with van der Waals surface area (Å²) in [4.78, 5) is 14.5. The highest BCUT2D eigenvalue weighted by atomic mass is 35.5. The third kappa shape index (κ3) is 4.70. The number of carbonyl (C=O) groups excluding carboxylic acids is 1. The molecule has 1 N–H and O–H groups in total. The van der Waals surface area contributed by atoms with Gasteiger partial charge in [0.25, 0.3) is 0 Å². The summed E-state index contributed by atoms with van der Waals surface area (Å²) < 4.78 is 40.2. The highest BCUT2D eigenvalue weighted by molar-refractivity contribution is 7.89. The molecule has 1 aliphatic rings. The van der Waals surface area contributed by atoms with Crippen molar-refractivity contribution in [1.82, 2.24) is 9.21 Å². The number of anilines is 1. The van der Waals surface area contributed by atoms with Crippen LogP contribution in [0.1, 0.15) is 6.92 Å². The lowest BCUT2D eigenvalue weighted by atomic mass is 10.2. The molecule has 0 aliphatic carbocycles. The predicted molar refractivity (Wildman–Crippen MR) is 106 cm³/mol. The zero-order chi connectivity index (χ0) is 20.3. The van der Waals surface area contributed by atoms with E-state index in [2.05, 4.69) is 5.32 Å². The highest BCUT2D eigenvalue weighted by Crippen LogP contribution is 2.21. The van der Waals surface area contributed by atoms with Crippen LogP contribution in [-0.4, -0.2) is 55.8 Å². The Morgan fingerprint density at radius 2 is 1.79 bits per heavy atom. The van der Waals surface area contributed by atoms with Crippen LogP contribution in [0.4, 0.5) is 10.1 Å². The average Bonchev–Trinajstić information content (AvgIpc) is 2.67. The molecule has 0 saturated carbocycles. The molecular weight excluding hydrogens is 405 g/mol. The molecular formula is C19H21ClFN3O3S. The number of nitrogens with one attached hydrogen (secondary N) is 1. The van der Waals surface area contributed by atoms with Crippen LogP contribution in [0.3, 0.4) is 0 Å². The van der Waals surface area contributed by atoms with Gasteiger partial charge in [-0.1, -0.05) is 23.7 Å². The molecule has 28 heavy (non-hydrogen) atoms. The fourth-order valence-corrected chi connectivity index (χ4v) is 4.81. The summed E-state index contributed by atoms with van der Waals surface area (Å²) in [5.41, 5.74) is 0.388. The van der Waals surface area contributed by atoms with Crippen LogP contribution in [0.15, 0.2) is 53.4 Å². The Bertz CT molecular complexity index is 962. The van der Waals surface area contributed by atoms with E-state index in [-0.39, 0.29) is 23.9 Å². The van der Waals surface area contributed by atoms with Gasteiger partial charge in [-0.2, -0.15) is 4.31 Å². The Hall–Kier alpha value is -2.00. The van der Waals surface area contributed by atoms with Gasteiger partial charge in [0, 0.05) is 36.9 Å². The SMILES string of the molecule is CC(C(=O)Nc1cccc(F)c1)N1CCN(S(=O)(=O)c2cccc(Cl)c2)CC1. The Labute approximate surface area is 168 Å². The number of piperazine rings is 1. The molecule has 2 aromatic carbocycles. The number of sulfonamides is 1. The third-order valence-electron chi connectivity index (χ3n) is 4.73. The summed E-state index contributed by atoms with van der Waals surface area (Å²) in [7, 11) is -3.63. The largest absolute Gasteiger partial charge is 0.325 e. The molecule has 0 bridgehead atoms. The topological polar surface area (TPSA) is 69.7 Å². The van der Waals surface area contributed by atoms with E-state index in [0.29, 0.717) is 23.8 Å². The second-order valence-corrected chi connectivity index (χ2v) is 8.95. The van der Waals surface area contributed by atoms with Crippen LogP contribution in [0.25, 0.3) is 0 Å². The molecule has 1 atom stereocenters. The molecule has 9 heteroatoms. The number of hydrogen-bond acceptors (Lipinski definition) is 4.